The van der Waals surface area contributed by atoms with Crippen molar-refractivity contribution < 1.29 is 24.9 Å². The van der Waals surface area contributed by atoms with Gasteiger partial charge in [-0.15, -0.1) is 0 Å². The molecule has 3 N–H and O–H groups in total. The SMILES string of the molecule is O=C(O)CCCCCC[C@@H]1OC[C@@H](O)[C@H]1C=CCCCCCCO. The summed E-state index contributed by atoms with van der Waals surface area (Å²) in [6.45, 7) is 0.689. The van der Waals surface area contributed by atoms with Crippen LogP contribution in [-0.4, -0.2) is 46.7 Å². The predicted octanol–water partition coefficient (Wildman–Crippen LogP) is 3.29. The Morgan fingerprint density at radius 2 is 1.75 bits per heavy atom. The van der Waals surface area contributed by atoms with E-state index in [0.29, 0.717) is 6.61 Å². The maximum Gasteiger partial charge on any atom is 0.303 e. The summed E-state index contributed by atoms with van der Waals surface area (Å²) in [6, 6.07) is 0. The third kappa shape index (κ3) is 9.40. The fraction of sp³-hybridized carbons (Fsp3) is 0.842. The summed E-state index contributed by atoms with van der Waals surface area (Å²) in [7, 11) is 0. The molecule has 1 aliphatic heterocycles. The van der Waals surface area contributed by atoms with Gasteiger partial charge in [-0.1, -0.05) is 44.3 Å². The topological polar surface area (TPSA) is 87.0 Å². The summed E-state index contributed by atoms with van der Waals surface area (Å²) < 4.78 is 5.71. The lowest BCUT2D eigenvalue weighted by atomic mass is 9.93. The molecule has 5 nitrogen and oxygen atoms in total. The van der Waals surface area contributed by atoms with Crippen LogP contribution >= 0.6 is 0 Å². The van der Waals surface area contributed by atoms with Crippen molar-refractivity contribution in [3.63, 3.8) is 0 Å². The van der Waals surface area contributed by atoms with Crippen molar-refractivity contribution in [3.8, 4) is 0 Å². The zero-order chi connectivity index (χ0) is 17.6. The van der Waals surface area contributed by atoms with Crippen molar-refractivity contribution >= 4 is 5.97 Å². The van der Waals surface area contributed by atoms with E-state index >= 15 is 0 Å². The number of allylic oxidation sites excluding steroid dienone is 1. The molecule has 3 atom stereocenters. The molecule has 0 aromatic carbocycles. The van der Waals surface area contributed by atoms with Crippen LogP contribution < -0.4 is 0 Å². The third-order valence-corrected chi connectivity index (χ3v) is 4.62. The molecule has 1 rings (SSSR count). The summed E-state index contributed by atoms with van der Waals surface area (Å²) in [4.78, 5) is 10.5. The number of aliphatic carboxylic acids is 1. The number of carbonyl (C=O) groups is 1. The first-order valence-corrected chi connectivity index (χ1v) is 9.44. The van der Waals surface area contributed by atoms with E-state index in [-0.39, 0.29) is 25.0 Å². The van der Waals surface area contributed by atoms with Crippen LogP contribution in [-0.2, 0) is 9.53 Å². The highest BCUT2D eigenvalue weighted by molar-refractivity contribution is 5.66. The number of aliphatic hydroxyl groups excluding tert-OH is 2. The zero-order valence-electron chi connectivity index (χ0n) is 14.7. The molecule has 24 heavy (non-hydrogen) atoms. The van der Waals surface area contributed by atoms with Crippen LogP contribution in [0.15, 0.2) is 12.2 Å². The van der Waals surface area contributed by atoms with Crippen LogP contribution in [0.1, 0.15) is 70.6 Å². The van der Waals surface area contributed by atoms with Crippen LogP contribution in [0.2, 0.25) is 0 Å². The van der Waals surface area contributed by atoms with Gasteiger partial charge >= 0.3 is 5.97 Å². The molecule has 0 bridgehead atoms. The Bertz CT molecular complexity index is 356. The van der Waals surface area contributed by atoms with E-state index in [9.17, 15) is 9.90 Å². The summed E-state index contributed by atoms with van der Waals surface area (Å²) in [5.41, 5.74) is 0. The first-order chi connectivity index (χ1) is 11.6. The van der Waals surface area contributed by atoms with Crippen molar-refractivity contribution in [1.29, 1.82) is 0 Å². The lowest BCUT2D eigenvalue weighted by Gasteiger charge is -2.17. The Kier molecular flexibility index (Phi) is 11.8. The molecule has 0 amide bonds. The molecule has 0 unspecified atom stereocenters. The van der Waals surface area contributed by atoms with E-state index in [2.05, 4.69) is 12.2 Å². The van der Waals surface area contributed by atoms with Crippen molar-refractivity contribution in [2.45, 2.75) is 82.8 Å². The smallest absolute Gasteiger partial charge is 0.303 e. The molecule has 1 aliphatic rings. The summed E-state index contributed by atoms with van der Waals surface area (Å²) in [5.74, 6) is -0.639. The van der Waals surface area contributed by atoms with Crippen LogP contribution in [0, 0.1) is 5.92 Å². The molecule has 0 aromatic heterocycles. The molecule has 1 heterocycles. The maximum absolute atomic E-state index is 10.5. The fourth-order valence-electron chi connectivity index (χ4n) is 3.18. The van der Waals surface area contributed by atoms with E-state index < -0.39 is 12.1 Å². The second-order valence-electron chi connectivity index (χ2n) is 6.72. The maximum atomic E-state index is 10.5. The lowest BCUT2D eigenvalue weighted by molar-refractivity contribution is -0.137. The highest BCUT2D eigenvalue weighted by atomic mass is 16.5. The Morgan fingerprint density at radius 3 is 2.50 bits per heavy atom. The molecule has 1 fully saturated rings. The van der Waals surface area contributed by atoms with Gasteiger partial charge in [0, 0.05) is 18.9 Å². The Morgan fingerprint density at radius 1 is 1.04 bits per heavy atom. The van der Waals surface area contributed by atoms with Gasteiger partial charge in [-0.25, -0.2) is 0 Å². The van der Waals surface area contributed by atoms with Gasteiger partial charge in [0.2, 0.25) is 0 Å². The van der Waals surface area contributed by atoms with Gasteiger partial charge in [0.25, 0.3) is 0 Å². The summed E-state index contributed by atoms with van der Waals surface area (Å²) in [6.07, 6.45) is 14.1. The number of carboxylic acids is 1. The van der Waals surface area contributed by atoms with Gasteiger partial charge < -0.3 is 20.1 Å². The minimum absolute atomic E-state index is 0.0847. The normalized spacial score (nSPS) is 24.0. The molecule has 140 valence electrons. The average Bonchev–Trinajstić information content (AvgIpc) is 2.90. The van der Waals surface area contributed by atoms with Crippen LogP contribution in [0.3, 0.4) is 0 Å². The van der Waals surface area contributed by atoms with Crippen molar-refractivity contribution in [2.75, 3.05) is 13.2 Å². The molecule has 5 heteroatoms. The van der Waals surface area contributed by atoms with Crippen LogP contribution in [0.25, 0.3) is 0 Å². The Balaban J connectivity index is 2.15. The van der Waals surface area contributed by atoms with Crippen molar-refractivity contribution in [2.24, 2.45) is 5.92 Å². The van der Waals surface area contributed by atoms with Crippen LogP contribution in [0.5, 0.6) is 0 Å². The van der Waals surface area contributed by atoms with Crippen molar-refractivity contribution in [1.82, 2.24) is 0 Å². The number of ether oxygens (including phenoxy) is 1. The number of rotatable bonds is 14. The monoisotopic (exact) mass is 342 g/mol. The quantitative estimate of drug-likeness (QED) is 0.333. The number of unbranched alkanes of at least 4 members (excludes halogenated alkanes) is 7. The predicted molar refractivity (Wildman–Crippen MR) is 93.9 cm³/mol. The number of hydrogen-bond acceptors (Lipinski definition) is 4. The molecular formula is C19H34O5. The van der Waals surface area contributed by atoms with Gasteiger partial charge in [-0.3, -0.25) is 4.79 Å². The van der Waals surface area contributed by atoms with Gasteiger partial charge in [0.1, 0.15) is 0 Å². The second kappa shape index (κ2) is 13.4. The molecule has 0 aliphatic carbocycles. The Labute approximate surface area is 145 Å². The number of hydrogen-bond donors (Lipinski definition) is 3. The Hall–Kier alpha value is -0.910. The standard InChI is InChI=1S/C19H34O5/c20-14-10-6-2-1-3-7-11-16-17(21)15-24-18(16)12-8-4-5-9-13-19(22)23/h7,11,16-18,20-21H,1-6,8-10,12-15H2,(H,22,23)/t16-,17-,18+/m1/s1. The molecule has 0 radical (unpaired) electrons. The third-order valence-electron chi connectivity index (χ3n) is 4.62. The van der Waals surface area contributed by atoms with E-state index in [0.717, 1.165) is 64.2 Å². The first kappa shape index (κ1) is 21.1. The first-order valence-electron chi connectivity index (χ1n) is 9.44. The molecule has 0 spiro atoms. The lowest BCUT2D eigenvalue weighted by Crippen LogP contribution is -2.22. The minimum Gasteiger partial charge on any atom is -0.481 e. The fourth-order valence-corrected chi connectivity index (χ4v) is 3.18. The molecule has 0 aromatic rings. The van der Waals surface area contributed by atoms with E-state index in [1.807, 2.05) is 0 Å². The van der Waals surface area contributed by atoms with Gasteiger partial charge in [-0.05, 0) is 32.1 Å². The summed E-state index contributed by atoms with van der Waals surface area (Å²) >= 11 is 0. The molecule has 1 saturated heterocycles. The zero-order valence-corrected chi connectivity index (χ0v) is 14.7. The van der Waals surface area contributed by atoms with Gasteiger partial charge in [-0.2, -0.15) is 0 Å². The largest absolute Gasteiger partial charge is 0.481 e. The van der Waals surface area contributed by atoms with Gasteiger partial charge in [0.05, 0.1) is 18.8 Å². The highest BCUT2D eigenvalue weighted by Gasteiger charge is 2.33. The van der Waals surface area contributed by atoms with Gasteiger partial charge in [0.15, 0.2) is 0 Å². The number of carboxylic acid groups (broad SMARTS) is 1. The van der Waals surface area contributed by atoms with E-state index in [4.69, 9.17) is 14.9 Å². The van der Waals surface area contributed by atoms with Crippen molar-refractivity contribution in [3.05, 3.63) is 12.2 Å². The highest BCUT2D eigenvalue weighted by Crippen LogP contribution is 2.27. The molecule has 0 saturated carbocycles. The van der Waals surface area contributed by atoms with E-state index in [1.54, 1.807) is 0 Å². The van der Waals surface area contributed by atoms with E-state index in [1.165, 1.54) is 0 Å². The second-order valence-corrected chi connectivity index (χ2v) is 6.72. The minimum atomic E-state index is -0.723. The van der Waals surface area contributed by atoms with Crippen LogP contribution in [0.4, 0.5) is 0 Å². The molecular weight excluding hydrogens is 308 g/mol. The number of aliphatic hydroxyl groups is 2. The summed E-state index contributed by atoms with van der Waals surface area (Å²) in [5, 5.41) is 27.4. The average molecular weight is 342 g/mol.